The molecule has 0 amide bonds. The average Bonchev–Trinajstić information content (AvgIpc) is 3.00. The molecule has 0 heterocycles. The highest BCUT2D eigenvalue weighted by atomic mass is 19.1. The Balaban J connectivity index is 2.09. The first-order valence-electron chi connectivity index (χ1n) is 6.12. The number of hydrogen-bond acceptors (Lipinski definition) is 1. The van der Waals surface area contributed by atoms with Gasteiger partial charge in [-0.25, -0.2) is 4.39 Å². The molecule has 16 heavy (non-hydrogen) atoms. The summed E-state index contributed by atoms with van der Waals surface area (Å²) in [6, 6.07) is 7.52. The van der Waals surface area contributed by atoms with E-state index in [1.54, 1.807) is 12.1 Å². The van der Waals surface area contributed by atoms with Crippen molar-refractivity contribution in [2.75, 3.05) is 6.54 Å². The lowest BCUT2D eigenvalue weighted by atomic mass is 9.92. The molecule has 88 valence electrons. The molecular weight excluding hydrogens is 201 g/mol. The summed E-state index contributed by atoms with van der Waals surface area (Å²) in [5.74, 6) is -0.0744. The van der Waals surface area contributed by atoms with Gasteiger partial charge in [0.05, 0.1) is 0 Å². The van der Waals surface area contributed by atoms with E-state index >= 15 is 0 Å². The van der Waals surface area contributed by atoms with Crippen LogP contribution in [-0.2, 0) is 6.42 Å². The monoisotopic (exact) mass is 221 g/mol. The minimum atomic E-state index is -0.0744. The van der Waals surface area contributed by atoms with Crippen molar-refractivity contribution in [2.24, 2.45) is 5.41 Å². The second-order valence-electron chi connectivity index (χ2n) is 5.06. The lowest BCUT2D eigenvalue weighted by Gasteiger charge is -2.24. The van der Waals surface area contributed by atoms with Crippen LogP contribution in [0.5, 0.6) is 0 Å². The molecule has 1 aliphatic carbocycles. The first-order chi connectivity index (χ1) is 7.65. The summed E-state index contributed by atoms with van der Waals surface area (Å²) >= 11 is 0. The van der Waals surface area contributed by atoms with E-state index in [0.717, 1.165) is 18.5 Å². The zero-order valence-electron chi connectivity index (χ0n) is 10.1. The Morgan fingerprint density at radius 2 is 2.06 bits per heavy atom. The van der Waals surface area contributed by atoms with Crippen molar-refractivity contribution in [3.8, 4) is 0 Å². The molecular formula is C14H20FN. The molecule has 0 saturated heterocycles. The van der Waals surface area contributed by atoms with E-state index in [2.05, 4.69) is 19.2 Å². The molecule has 1 aromatic rings. The van der Waals surface area contributed by atoms with Crippen molar-refractivity contribution < 1.29 is 4.39 Å². The van der Waals surface area contributed by atoms with Crippen LogP contribution in [0.3, 0.4) is 0 Å². The number of halogens is 1. The molecule has 0 aliphatic heterocycles. The molecule has 0 spiro atoms. The molecule has 1 nitrogen and oxygen atoms in total. The van der Waals surface area contributed by atoms with E-state index in [9.17, 15) is 4.39 Å². The predicted molar refractivity (Wildman–Crippen MR) is 64.9 cm³/mol. The van der Waals surface area contributed by atoms with Gasteiger partial charge in [0.2, 0.25) is 0 Å². The summed E-state index contributed by atoms with van der Waals surface area (Å²) in [6.45, 7) is 5.36. The molecule has 1 saturated carbocycles. The maximum Gasteiger partial charge on any atom is 0.126 e. The van der Waals surface area contributed by atoms with Gasteiger partial charge in [0, 0.05) is 6.04 Å². The summed E-state index contributed by atoms with van der Waals surface area (Å²) in [7, 11) is 0. The van der Waals surface area contributed by atoms with Gasteiger partial charge >= 0.3 is 0 Å². The first kappa shape index (κ1) is 11.6. The lowest BCUT2D eigenvalue weighted by molar-refractivity contribution is 0.357. The summed E-state index contributed by atoms with van der Waals surface area (Å²) in [5, 5.41) is 3.49. The Hall–Kier alpha value is -0.890. The Bertz CT molecular complexity index is 358. The summed E-state index contributed by atoms with van der Waals surface area (Å²) in [4.78, 5) is 0. The Morgan fingerprint density at radius 1 is 1.38 bits per heavy atom. The topological polar surface area (TPSA) is 12.0 Å². The van der Waals surface area contributed by atoms with Gasteiger partial charge < -0.3 is 5.32 Å². The molecule has 1 unspecified atom stereocenters. The van der Waals surface area contributed by atoms with E-state index in [1.165, 1.54) is 12.8 Å². The normalized spacial score (nSPS) is 19.4. The standard InChI is InChI=1S/C14H20FN/c1-3-16-13(14(2)8-9-14)10-11-6-4-5-7-12(11)15/h4-7,13,16H,3,8-10H2,1-2H3. The Labute approximate surface area is 97.1 Å². The third-order valence-corrected chi connectivity index (χ3v) is 3.71. The van der Waals surface area contributed by atoms with Crippen LogP contribution in [0.1, 0.15) is 32.3 Å². The van der Waals surface area contributed by atoms with Gasteiger partial charge in [-0.15, -0.1) is 0 Å². The van der Waals surface area contributed by atoms with Crippen molar-refractivity contribution in [3.05, 3.63) is 35.6 Å². The minimum Gasteiger partial charge on any atom is -0.313 e. The molecule has 1 atom stereocenters. The van der Waals surface area contributed by atoms with Gasteiger partial charge in [-0.2, -0.15) is 0 Å². The van der Waals surface area contributed by atoms with Crippen LogP contribution in [-0.4, -0.2) is 12.6 Å². The van der Waals surface area contributed by atoms with E-state index in [1.807, 2.05) is 12.1 Å². The molecule has 1 aliphatic rings. The third-order valence-electron chi connectivity index (χ3n) is 3.71. The number of rotatable bonds is 5. The van der Waals surface area contributed by atoms with E-state index in [0.29, 0.717) is 11.5 Å². The van der Waals surface area contributed by atoms with Crippen molar-refractivity contribution in [2.45, 2.75) is 39.2 Å². The van der Waals surface area contributed by atoms with E-state index < -0.39 is 0 Å². The van der Waals surface area contributed by atoms with Gasteiger partial charge in [-0.3, -0.25) is 0 Å². The molecule has 2 rings (SSSR count). The van der Waals surface area contributed by atoms with Crippen molar-refractivity contribution >= 4 is 0 Å². The van der Waals surface area contributed by atoms with Crippen LogP contribution in [0.4, 0.5) is 4.39 Å². The predicted octanol–water partition coefficient (Wildman–Crippen LogP) is 3.15. The zero-order valence-corrected chi connectivity index (χ0v) is 10.1. The molecule has 1 fully saturated rings. The van der Waals surface area contributed by atoms with Crippen molar-refractivity contribution in [1.29, 1.82) is 0 Å². The van der Waals surface area contributed by atoms with E-state index in [-0.39, 0.29) is 5.82 Å². The van der Waals surface area contributed by atoms with Gasteiger partial charge in [0.25, 0.3) is 0 Å². The van der Waals surface area contributed by atoms with Crippen molar-refractivity contribution in [1.82, 2.24) is 5.32 Å². The number of benzene rings is 1. The Morgan fingerprint density at radius 3 is 2.62 bits per heavy atom. The summed E-state index contributed by atoms with van der Waals surface area (Å²) < 4.78 is 13.6. The van der Waals surface area contributed by atoms with Gasteiger partial charge in [-0.1, -0.05) is 32.0 Å². The van der Waals surface area contributed by atoms with Crippen LogP contribution >= 0.6 is 0 Å². The molecule has 0 aromatic heterocycles. The third kappa shape index (κ3) is 2.43. The minimum absolute atomic E-state index is 0.0744. The highest BCUT2D eigenvalue weighted by molar-refractivity contribution is 5.20. The van der Waals surface area contributed by atoms with Crippen molar-refractivity contribution in [3.63, 3.8) is 0 Å². The fraction of sp³-hybridized carbons (Fsp3) is 0.571. The highest BCUT2D eigenvalue weighted by Crippen LogP contribution is 2.49. The number of nitrogens with one attached hydrogen (secondary N) is 1. The molecule has 0 bridgehead atoms. The quantitative estimate of drug-likeness (QED) is 0.805. The molecule has 1 N–H and O–H groups in total. The maximum absolute atomic E-state index is 13.6. The van der Waals surface area contributed by atoms with Gasteiger partial charge in [0.1, 0.15) is 5.82 Å². The summed E-state index contributed by atoms with van der Waals surface area (Å²) in [6.07, 6.45) is 3.33. The van der Waals surface area contributed by atoms with Crippen LogP contribution in [0.15, 0.2) is 24.3 Å². The SMILES string of the molecule is CCNC(Cc1ccccc1F)C1(C)CC1. The lowest BCUT2D eigenvalue weighted by Crippen LogP contribution is -2.38. The second-order valence-corrected chi connectivity index (χ2v) is 5.06. The largest absolute Gasteiger partial charge is 0.313 e. The van der Waals surface area contributed by atoms with E-state index in [4.69, 9.17) is 0 Å². The Kier molecular flexibility index (Phi) is 3.29. The molecule has 0 radical (unpaired) electrons. The number of hydrogen-bond donors (Lipinski definition) is 1. The average molecular weight is 221 g/mol. The summed E-state index contributed by atoms with van der Waals surface area (Å²) in [5.41, 5.74) is 1.22. The zero-order chi connectivity index (χ0) is 11.6. The first-order valence-corrected chi connectivity index (χ1v) is 6.12. The fourth-order valence-corrected chi connectivity index (χ4v) is 2.24. The van der Waals surface area contributed by atoms with Gasteiger partial charge in [-0.05, 0) is 42.9 Å². The number of likely N-dealkylation sites (N-methyl/N-ethyl adjacent to an activating group) is 1. The highest BCUT2D eigenvalue weighted by Gasteiger charge is 2.44. The second kappa shape index (κ2) is 4.54. The fourth-order valence-electron chi connectivity index (χ4n) is 2.24. The van der Waals surface area contributed by atoms with Crippen LogP contribution in [0, 0.1) is 11.2 Å². The van der Waals surface area contributed by atoms with Crippen LogP contribution in [0.25, 0.3) is 0 Å². The smallest absolute Gasteiger partial charge is 0.126 e. The molecule has 1 aromatic carbocycles. The van der Waals surface area contributed by atoms with Gasteiger partial charge in [0.15, 0.2) is 0 Å². The van der Waals surface area contributed by atoms with Crippen LogP contribution in [0.2, 0.25) is 0 Å². The maximum atomic E-state index is 13.6. The molecule has 2 heteroatoms. The van der Waals surface area contributed by atoms with Crippen LogP contribution < -0.4 is 5.32 Å².